The van der Waals surface area contributed by atoms with Gasteiger partial charge in [-0.25, -0.2) is 0 Å². The molecule has 2 aromatic rings. The second kappa shape index (κ2) is 9.76. The fraction of sp³-hybridized carbons (Fsp3) is 0.481. The molecule has 0 spiro atoms. The molecule has 1 aliphatic heterocycles. The van der Waals surface area contributed by atoms with Crippen LogP contribution in [0.3, 0.4) is 0 Å². The smallest absolute Gasteiger partial charge is 0.228 e. The fourth-order valence-electron chi connectivity index (χ4n) is 5.24. The van der Waals surface area contributed by atoms with Gasteiger partial charge in [-0.05, 0) is 87.4 Å². The molecule has 0 aromatic heterocycles. The monoisotopic (exact) mass is 469 g/mol. The van der Waals surface area contributed by atoms with E-state index >= 15 is 0 Å². The third-order valence-electron chi connectivity index (χ3n) is 6.84. The molecule has 0 bridgehead atoms. The molecular formula is C27H32ClNO4. The Morgan fingerprint density at radius 3 is 2.30 bits per heavy atom. The summed E-state index contributed by atoms with van der Waals surface area (Å²) >= 11 is 6.18. The summed E-state index contributed by atoms with van der Waals surface area (Å²) in [5, 5.41) is 0.660. The van der Waals surface area contributed by atoms with Crippen molar-refractivity contribution in [2.45, 2.75) is 71.1 Å². The van der Waals surface area contributed by atoms with Crippen LogP contribution in [0.4, 0.5) is 0 Å². The van der Waals surface area contributed by atoms with E-state index in [9.17, 15) is 9.59 Å². The summed E-state index contributed by atoms with van der Waals surface area (Å²) in [6.07, 6.45) is 3.64. The summed E-state index contributed by atoms with van der Waals surface area (Å²) in [4.78, 5) is 27.5. The largest absolute Gasteiger partial charge is 0.493 e. The van der Waals surface area contributed by atoms with E-state index in [1.165, 1.54) is 0 Å². The van der Waals surface area contributed by atoms with Crippen LogP contribution in [0.5, 0.6) is 11.5 Å². The lowest BCUT2D eigenvalue weighted by Crippen LogP contribution is -2.48. The number of Topliss-reactive ketones (excluding diaryl/α,β-unsaturated/α-hetero) is 1. The highest BCUT2D eigenvalue weighted by atomic mass is 35.5. The molecule has 2 aliphatic rings. The molecule has 1 amide bonds. The molecule has 176 valence electrons. The van der Waals surface area contributed by atoms with E-state index in [2.05, 4.69) is 0 Å². The third-order valence-corrected chi connectivity index (χ3v) is 7.09. The van der Waals surface area contributed by atoms with E-state index < -0.39 is 0 Å². The number of benzene rings is 2. The van der Waals surface area contributed by atoms with Crippen molar-refractivity contribution >= 4 is 23.3 Å². The number of halogens is 1. The Morgan fingerprint density at radius 1 is 1.06 bits per heavy atom. The van der Waals surface area contributed by atoms with Crippen molar-refractivity contribution in [1.29, 1.82) is 0 Å². The molecular weight excluding hydrogens is 438 g/mol. The average Bonchev–Trinajstić information content (AvgIpc) is 2.78. The minimum atomic E-state index is -0.238. The molecule has 1 heterocycles. The van der Waals surface area contributed by atoms with Crippen LogP contribution in [0.15, 0.2) is 36.4 Å². The van der Waals surface area contributed by atoms with Crippen molar-refractivity contribution in [2.75, 3.05) is 7.11 Å². The topological polar surface area (TPSA) is 55.8 Å². The summed E-state index contributed by atoms with van der Waals surface area (Å²) < 4.78 is 11.6. The lowest BCUT2D eigenvalue weighted by Gasteiger charge is -2.45. The fourth-order valence-corrected chi connectivity index (χ4v) is 5.37. The SMILES string of the molecule is COc1cc2c(cc1OC(C)C)C(c1ccc(Cl)cc1)N([C@H]1CC[C@H](C(C)=O)CC1)C(=O)C2. The van der Waals surface area contributed by atoms with Crippen molar-refractivity contribution in [3.8, 4) is 11.5 Å². The number of nitrogens with zero attached hydrogens (tertiary/aromatic N) is 1. The van der Waals surface area contributed by atoms with Gasteiger partial charge in [0.25, 0.3) is 0 Å². The van der Waals surface area contributed by atoms with Gasteiger partial charge in [-0.3, -0.25) is 9.59 Å². The summed E-state index contributed by atoms with van der Waals surface area (Å²) in [5.41, 5.74) is 3.03. The molecule has 0 saturated heterocycles. The maximum absolute atomic E-state index is 13.5. The van der Waals surface area contributed by atoms with Crippen molar-refractivity contribution in [3.63, 3.8) is 0 Å². The number of carbonyl (C=O) groups is 2. The van der Waals surface area contributed by atoms with E-state index in [0.717, 1.165) is 42.4 Å². The molecule has 5 nitrogen and oxygen atoms in total. The van der Waals surface area contributed by atoms with Gasteiger partial charge in [0.05, 0.1) is 25.7 Å². The molecule has 1 saturated carbocycles. The van der Waals surface area contributed by atoms with Gasteiger partial charge in [0.15, 0.2) is 11.5 Å². The van der Waals surface area contributed by atoms with Crippen LogP contribution in [0.2, 0.25) is 5.02 Å². The highest BCUT2D eigenvalue weighted by Crippen LogP contribution is 2.44. The first-order valence-electron chi connectivity index (χ1n) is 11.7. The van der Waals surface area contributed by atoms with Gasteiger partial charge in [0.1, 0.15) is 5.78 Å². The zero-order valence-electron chi connectivity index (χ0n) is 19.8. The second-order valence-electron chi connectivity index (χ2n) is 9.42. The quantitative estimate of drug-likeness (QED) is 0.539. The molecule has 1 unspecified atom stereocenters. The van der Waals surface area contributed by atoms with E-state index in [4.69, 9.17) is 21.1 Å². The first-order valence-corrected chi connectivity index (χ1v) is 12.1. The Kier molecular flexibility index (Phi) is 6.99. The van der Waals surface area contributed by atoms with Gasteiger partial charge < -0.3 is 14.4 Å². The Hall–Kier alpha value is -2.53. The number of carbonyl (C=O) groups excluding carboxylic acids is 2. The van der Waals surface area contributed by atoms with Gasteiger partial charge in [-0.1, -0.05) is 23.7 Å². The number of ether oxygens (including phenoxy) is 2. The first kappa shape index (κ1) is 23.6. The number of hydrogen-bond acceptors (Lipinski definition) is 4. The molecule has 0 N–H and O–H groups in total. The van der Waals surface area contributed by atoms with Crippen molar-refractivity contribution < 1.29 is 19.1 Å². The lowest BCUT2D eigenvalue weighted by molar-refractivity contribution is -0.137. The van der Waals surface area contributed by atoms with E-state index in [0.29, 0.717) is 22.9 Å². The van der Waals surface area contributed by atoms with Crippen molar-refractivity contribution in [1.82, 2.24) is 4.90 Å². The number of hydrogen-bond donors (Lipinski definition) is 0. The van der Waals surface area contributed by atoms with Crippen LogP contribution < -0.4 is 9.47 Å². The Morgan fingerprint density at radius 2 is 1.73 bits per heavy atom. The number of methoxy groups -OCH3 is 1. The van der Waals surface area contributed by atoms with E-state index in [1.807, 2.05) is 55.1 Å². The number of ketones is 1. The molecule has 0 radical (unpaired) electrons. The molecule has 1 atom stereocenters. The molecule has 2 aromatic carbocycles. The maximum atomic E-state index is 13.5. The van der Waals surface area contributed by atoms with Crippen LogP contribution in [-0.4, -0.2) is 35.8 Å². The number of rotatable bonds is 6. The van der Waals surface area contributed by atoms with Gasteiger partial charge >= 0.3 is 0 Å². The van der Waals surface area contributed by atoms with Crippen molar-refractivity contribution in [3.05, 3.63) is 58.1 Å². The summed E-state index contributed by atoms with van der Waals surface area (Å²) in [6, 6.07) is 11.6. The molecule has 6 heteroatoms. The van der Waals surface area contributed by atoms with E-state index in [-0.39, 0.29) is 35.8 Å². The zero-order valence-corrected chi connectivity index (χ0v) is 20.5. The summed E-state index contributed by atoms with van der Waals surface area (Å²) in [6.45, 7) is 5.64. The number of fused-ring (bicyclic) bond motifs is 1. The highest BCUT2D eigenvalue weighted by Gasteiger charge is 2.40. The Balaban J connectivity index is 1.79. The van der Waals surface area contributed by atoms with Crippen molar-refractivity contribution in [2.24, 2.45) is 5.92 Å². The lowest BCUT2D eigenvalue weighted by atomic mass is 9.80. The van der Waals surface area contributed by atoms with Crippen LogP contribution >= 0.6 is 11.6 Å². The van der Waals surface area contributed by atoms with Gasteiger partial charge in [0, 0.05) is 17.0 Å². The Labute approximate surface area is 201 Å². The van der Waals surface area contributed by atoms with Crippen LogP contribution in [0, 0.1) is 5.92 Å². The third kappa shape index (κ3) is 4.89. The average molecular weight is 470 g/mol. The zero-order chi connectivity index (χ0) is 23.7. The molecule has 1 fully saturated rings. The second-order valence-corrected chi connectivity index (χ2v) is 9.85. The molecule has 4 rings (SSSR count). The predicted molar refractivity (Wildman–Crippen MR) is 129 cm³/mol. The summed E-state index contributed by atoms with van der Waals surface area (Å²) in [7, 11) is 1.62. The van der Waals surface area contributed by atoms with Gasteiger partial charge in [-0.2, -0.15) is 0 Å². The standard InChI is InChI=1S/C27H32ClNO4/c1-16(2)33-25-15-23-20(13-24(25)32-4)14-26(31)29(22-11-7-18(8-12-22)17(3)30)27(23)19-5-9-21(28)10-6-19/h5-6,9-10,13,15-16,18,22,27H,7-8,11-12,14H2,1-4H3/t18-,22-,27?. The van der Waals surface area contributed by atoms with Crippen LogP contribution in [0.25, 0.3) is 0 Å². The minimum absolute atomic E-state index is 0.00545. The molecule has 1 aliphatic carbocycles. The summed E-state index contributed by atoms with van der Waals surface area (Å²) in [5.74, 6) is 1.78. The van der Waals surface area contributed by atoms with Gasteiger partial charge in [-0.15, -0.1) is 0 Å². The number of amides is 1. The Bertz CT molecular complexity index is 1030. The van der Waals surface area contributed by atoms with Crippen LogP contribution in [-0.2, 0) is 16.0 Å². The van der Waals surface area contributed by atoms with E-state index in [1.54, 1.807) is 14.0 Å². The van der Waals surface area contributed by atoms with Gasteiger partial charge in [0.2, 0.25) is 5.91 Å². The minimum Gasteiger partial charge on any atom is -0.493 e. The highest BCUT2D eigenvalue weighted by molar-refractivity contribution is 6.30. The first-order chi connectivity index (χ1) is 15.8. The normalized spacial score (nSPS) is 22.8. The predicted octanol–water partition coefficient (Wildman–Crippen LogP) is 5.76. The maximum Gasteiger partial charge on any atom is 0.228 e. The molecule has 33 heavy (non-hydrogen) atoms. The van der Waals surface area contributed by atoms with Crippen LogP contribution in [0.1, 0.15) is 69.2 Å².